The van der Waals surface area contributed by atoms with E-state index in [1.54, 1.807) is 0 Å². The summed E-state index contributed by atoms with van der Waals surface area (Å²) in [5.74, 6) is -1.49. The number of carboxylic acid groups (broad SMARTS) is 2. The second-order valence-corrected chi connectivity index (χ2v) is 3.75. The first kappa shape index (κ1) is 14.7. The van der Waals surface area contributed by atoms with E-state index in [1.807, 2.05) is 12.2 Å². The molecule has 0 aromatic heterocycles. The predicted octanol–water partition coefficient (Wildman–Crippen LogP) is 2.83. The van der Waals surface area contributed by atoms with E-state index >= 15 is 0 Å². The minimum Gasteiger partial charge on any atom is -0.481 e. The lowest BCUT2D eigenvalue weighted by Crippen LogP contribution is -1.93. The van der Waals surface area contributed by atoms with Gasteiger partial charge in [-0.2, -0.15) is 0 Å². The van der Waals surface area contributed by atoms with Crippen LogP contribution in [0.25, 0.3) is 0 Å². The highest BCUT2D eigenvalue weighted by Crippen LogP contribution is 2.06. The van der Waals surface area contributed by atoms with Gasteiger partial charge in [-0.15, -0.1) is 0 Å². The molecule has 0 radical (unpaired) electrons. The van der Waals surface area contributed by atoms with Gasteiger partial charge in [0.25, 0.3) is 0 Å². The summed E-state index contributed by atoms with van der Waals surface area (Å²) in [6, 6.07) is 0. The largest absolute Gasteiger partial charge is 0.481 e. The van der Waals surface area contributed by atoms with Crippen LogP contribution in [0.3, 0.4) is 0 Å². The summed E-state index contributed by atoms with van der Waals surface area (Å²) in [6.45, 7) is 0. The summed E-state index contributed by atoms with van der Waals surface area (Å²) >= 11 is 0. The van der Waals surface area contributed by atoms with Crippen LogP contribution < -0.4 is 0 Å². The monoisotopic (exact) mass is 228 g/mol. The predicted molar refractivity (Wildman–Crippen MR) is 61.3 cm³/mol. The Bertz CT molecular complexity index is 233. The average Bonchev–Trinajstić information content (AvgIpc) is 2.20. The standard InChI is InChI=1S/C12H20O4/c13-11(14)9-7-5-3-1-2-4-6-8-10-12(15)16/h3,5H,1-2,4,6-10H2,(H,13,14)(H,15,16)/b5-3+. The summed E-state index contributed by atoms with van der Waals surface area (Å²) in [4.78, 5) is 20.4. The van der Waals surface area contributed by atoms with Gasteiger partial charge in [0.2, 0.25) is 0 Å². The smallest absolute Gasteiger partial charge is 0.303 e. The second kappa shape index (κ2) is 10.2. The van der Waals surface area contributed by atoms with Gasteiger partial charge in [-0.25, -0.2) is 0 Å². The molecule has 0 rings (SSSR count). The molecule has 16 heavy (non-hydrogen) atoms. The summed E-state index contributed by atoms with van der Waals surface area (Å²) in [6.07, 6.45) is 9.67. The van der Waals surface area contributed by atoms with Crippen LogP contribution >= 0.6 is 0 Å². The highest BCUT2D eigenvalue weighted by molar-refractivity contribution is 5.66. The molecule has 0 bridgehead atoms. The van der Waals surface area contributed by atoms with Crippen molar-refractivity contribution in [2.75, 3.05) is 0 Å². The Morgan fingerprint density at radius 3 is 1.94 bits per heavy atom. The third-order valence-electron chi connectivity index (χ3n) is 2.20. The first-order valence-electron chi connectivity index (χ1n) is 5.71. The Balaban J connectivity index is 3.14. The highest BCUT2D eigenvalue weighted by Gasteiger charge is 1.95. The zero-order chi connectivity index (χ0) is 12.2. The molecule has 0 aliphatic heterocycles. The summed E-state index contributed by atoms with van der Waals surface area (Å²) in [7, 11) is 0. The lowest BCUT2D eigenvalue weighted by atomic mass is 10.1. The Morgan fingerprint density at radius 2 is 1.31 bits per heavy atom. The van der Waals surface area contributed by atoms with Crippen LogP contribution in [0.15, 0.2) is 12.2 Å². The Hall–Kier alpha value is -1.32. The van der Waals surface area contributed by atoms with E-state index in [0.717, 1.165) is 32.1 Å². The van der Waals surface area contributed by atoms with Gasteiger partial charge in [-0.3, -0.25) is 9.59 Å². The van der Waals surface area contributed by atoms with Crippen LogP contribution in [0.5, 0.6) is 0 Å². The quantitative estimate of drug-likeness (QED) is 0.445. The molecule has 0 spiro atoms. The van der Waals surface area contributed by atoms with E-state index in [2.05, 4.69) is 0 Å². The van der Waals surface area contributed by atoms with Crippen molar-refractivity contribution in [3.05, 3.63) is 12.2 Å². The number of allylic oxidation sites excluding steroid dienone is 2. The van der Waals surface area contributed by atoms with Crippen LogP contribution in [0.1, 0.15) is 51.4 Å². The molecule has 92 valence electrons. The normalized spacial score (nSPS) is 10.8. The van der Waals surface area contributed by atoms with Crippen molar-refractivity contribution in [3.63, 3.8) is 0 Å². The van der Waals surface area contributed by atoms with Gasteiger partial charge in [0.1, 0.15) is 0 Å². The molecule has 0 atom stereocenters. The number of carbonyl (C=O) groups is 2. The fourth-order valence-electron chi connectivity index (χ4n) is 1.33. The fraction of sp³-hybridized carbons (Fsp3) is 0.667. The van der Waals surface area contributed by atoms with Gasteiger partial charge < -0.3 is 10.2 Å². The maximum Gasteiger partial charge on any atom is 0.303 e. The molecule has 0 saturated carbocycles. The molecule has 0 amide bonds. The number of hydrogen-bond acceptors (Lipinski definition) is 2. The third kappa shape index (κ3) is 12.7. The van der Waals surface area contributed by atoms with Gasteiger partial charge >= 0.3 is 11.9 Å². The molecule has 4 heteroatoms. The van der Waals surface area contributed by atoms with Gasteiger partial charge in [0, 0.05) is 12.8 Å². The molecular formula is C12H20O4. The van der Waals surface area contributed by atoms with Crippen LogP contribution in [-0.4, -0.2) is 22.2 Å². The first-order valence-corrected chi connectivity index (χ1v) is 5.71. The molecule has 4 nitrogen and oxygen atoms in total. The summed E-state index contributed by atoms with van der Waals surface area (Å²) in [5, 5.41) is 16.8. The molecule has 0 aromatic rings. The molecule has 0 saturated heterocycles. The lowest BCUT2D eigenvalue weighted by molar-refractivity contribution is -0.138. The average molecular weight is 228 g/mol. The zero-order valence-corrected chi connectivity index (χ0v) is 9.52. The van der Waals surface area contributed by atoms with Crippen molar-refractivity contribution in [2.45, 2.75) is 51.4 Å². The Kier molecular flexibility index (Phi) is 9.36. The minimum absolute atomic E-state index is 0.190. The van der Waals surface area contributed by atoms with E-state index in [4.69, 9.17) is 10.2 Å². The van der Waals surface area contributed by atoms with E-state index in [9.17, 15) is 9.59 Å². The molecule has 0 aromatic carbocycles. The number of rotatable bonds is 10. The first-order chi connectivity index (χ1) is 7.63. The van der Waals surface area contributed by atoms with Crippen molar-refractivity contribution in [2.24, 2.45) is 0 Å². The Morgan fingerprint density at radius 1 is 0.750 bits per heavy atom. The number of carboxylic acids is 2. The van der Waals surface area contributed by atoms with Gasteiger partial charge in [-0.05, 0) is 25.7 Å². The van der Waals surface area contributed by atoms with Crippen molar-refractivity contribution in [1.82, 2.24) is 0 Å². The molecular weight excluding hydrogens is 208 g/mol. The summed E-state index contributed by atoms with van der Waals surface area (Å²) in [5.41, 5.74) is 0. The second-order valence-electron chi connectivity index (χ2n) is 3.75. The van der Waals surface area contributed by atoms with Crippen LogP contribution in [0.4, 0.5) is 0 Å². The van der Waals surface area contributed by atoms with Crippen LogP contribution in [-0.2, 0) is 9.59 Å². The zero-order valence-electron chi connectivity index (χ0n) is 9.52. The Labute approximate surface area is 96.0 Å². The van der Waals surface area contributed by atoms with Crippen molar-refractivity contribution in [1.29, 1.82) is 0 Å². The number of aliphatic carboxylic acids is 2. The van der Waals surface area contributed by atoms with Crippen molar-refractivity contribution >= 4 is 11.9 Å². The molecule has 0 unspecified atom stereocenters. The van der Waals surface area contributed by atoms with Gasteiger partial charge in [0.15, 0.2) is 0 Å². The maximum atomic E-state index is 10.2. The third-order valence-corrected chi connectivity index (χ3v) is 2.20. The molecule has 0 heterocycles. The number of unbranched alkanes of at least 4 members (excludes halogenated alkanes) is 4. The maximum absolute atomic E-state index is 10.2. The molecule has 0 fully saturated rings. The molecule has 2 N–H and O–H groups in total. The van der Waals surface area contributed by atoms with Gasteiger partial charge in [0.05, 0.1) is 0 Å². The van der Waals surface area contributed by atoms with Gasteiger partial charge in [-0.1, -0.05) is 25.0 Å². The molecule has 0 aliphatic rings. The molecule has 0 aliphatic carbocycles. The van der Waals surface area contributed by atoms with Crippen molar-refractivity contribution in [3.8, 4) is 0 Å². The van der Waals surface area contributed by atoms with E-state index < -0.39 is 11.9 Å². The minimum atomic E-state index is -0.765. The topological polar surface area (TPSA) is 74.6 Å². The SMILES string of the molecule is O=C(O)CC/C=C/CCCCCCC(=O)O. The number of hydrogen-bond donors (Lipinski definition) is 2. The van der Waals surface area contributed by atoms with Crippen LogP contribution in [0, 0.1) is 0 Å². The van der Waals surface area contributed by atoms with E-state index in [1.165, 1.54) is 0 Å². The van der Waals surface area contributed by atoms with Crippen molar-refractivity contribution < 1.29 is 19.8 Å². The fourth-order valence-corrected chi connectivity index (χ4v) is 1.33. The van der Waals surface area contributed by atoms with E-state index in [-0.39, 0.29) is 12.8 Å². The highest BCUT2D eigenvalue weighted by atomic mass is 16.4. The summed E-state index contributed by atoms with van der Waals surface area (Å²) < 4.78 is 0. The van der Waals surface area contributed by atoms with Crippen LogP contribution in [0.2, 0.25) is 0 Å². The lowest BCUT2D eigenvalue weighted by Gasteiger charge is -1.96. The van der Waals surface area contributed by atoms with E-state index in [0.29, 0.717) is 6.42 Å².